The monoisotopic (exact) mass is 355 g/mol. The first-order valence-electron chi connectivity index (χ1n) is 8.76. The van der Waals surface area contributed by atoms with Crippen LogP contribution in [-0.4, -0.2) is 24.6 Å². The van der Waals surface area contributed by atoms with E-state index in [1.165, 1.54) is 0 Å². The number of nitrogens with one attached hydrogen (secondary N) is 1. The minimum absolute atomic E-state index is 0.225. The van der Waals surface area contributed by atoms with Gasteiger partial charge in [-0.05, 0) is 68.7 Å². The van der Waals surface area contributed by atoms with Crippen molar-refractivity contribution in [1.29, 1.82) is 0 Å². The van der Waals surface area contributed by atoms with Crippen molar-refractivity contribution in [1.82, 2.24) is 0 Å². The van der Waals surface area contributed by atoms with Gasteiger partial charge in [0.2, 0.25) is 0 Å². The molecule has 5 nitrogen and oxygen atoms in total. The highest BCUT2D eigenvalue weighted by atomic mass is 16.5. The molecule has 2 rings (SSSR count). The fourth-order valence-corrected chi connectivity index (χ4v) is 2.44. The Kier molecular flexibility index (Phi) is 6.78. The van der Waals surface area contributed by atoms with E-state index in [1.54, 1.807) is 31.2 Å². The number of aryl methyl sites for hydroxylation is 2. The van der Waals surface area contributed by atoms with Crippen molar-refractivity contribution in [3.8, 4) is 5.75 Å². The topological polar surface area (TPSA) is 64.6 Å². The molecule has 2 aromatic carbocycles. The van der Waals surface area contributed by atoms with Crippen LogP contribution in [0.4, 0.5) is 5.69 Å². The molecule has 1 N–H and O–H groups in total. The third-order valence-electron chi connectivity index (χ3n) is 3.94. The van der Waals surface area contributed by atoms with Crippen LogP contribution < -0.4 is 10.1 Å². The number of esters is 1. The van der Waals surface area contributed by atoms with Crippen LogP contribution in [0.5, 0.6) is 5.75 Å². The Morgan fingerprint density at radius 1 is 1.04 bits per heavy atom. The second-order valence-electron chi connectivity index (χ2n) is 6.07. The summed E-state index contributed by atoms with van der Waals surface area (Å²) in [5.41, 5.74) is 3.12. The van der Waals surface area contributed by atoms with Crippen LogP contribution in [0.1, 0.15) is 41.8 Å². The molecule has 0 radical (unpaired) electrons. The summed E-state index contributed by atoms with van der Waals surface area (Å²) in [6.45, 7) is 7.92. The van der Waals surface area contributed by atoms with E-state index in [1.807, 2.05) is 39.0 Å². The third-order valence-corrected chi connectivity index (χ3v) is 3.94. The van der Waals surface area contributed by atoms with E-state index in [-0.39, 0.29) is 11.9 Å². The zero-order valence-corrected chi connectivity index (χ0v) is 15.7. The summed E-state index contributed by atoms with van der Waals surface area (Å²) >= 11 is 0. The maximum atomic E-state index is 12.5. The molecule has 1 atom stereocenters. The van der Waals surface area contributed by atoms with Crippen molar-refractivity contribution < 1.29 is 19.1 Å². The number of benzene rings is 2. The predicted octanol–water partition coefficient (Wildman–Crippen LogP) is 4.28. The van der Waals surface area contributed by atoms with Crippen LogP contribution in [0.25, 0.3) is 0 Å². The Balaban J connectivity index is 2.04. The molecule has 138 valence electrons. The molecule has 0 unspecified atom stereocenters. The molecule has 1 amide bonds. The third kappa shape index (κ3) is 5.09. The second-order valence-corrected chi connectivity index (χ2v) is 6.07. The molecule has 0 spiro atoms. The Morgan fingerprint density at radius 3 is 2.35 bits per heavy atom. The van der Waals surface area contributed by atoms with Crippen molar-refractivity contribution in [2.45, 2.75) is 40.2 Å². The van der Waals surface area contributed by atoms with E-state index in [2.05, 4.69) is 5.32 Å². The second kappa shape index (κ2) is 9.04. The fourth-order valence-electron chi connectivity index (χ4n) is 2.44. The first kappa shape index (κ1) is 19.5. The first-order chi connectivity index (χ1) is 12.4. The van der Waals surface area contributed by atoms with Gasteiger partial charge in [0, 0.05) is 5.69 Å². The number of amides is 1. The molecular formula is C21H25NO4. The van der Waals surface area contributed by atoms with Gasteiger partial charge in [0.05, 0.1) is 12.2 Å². The van der Waals surface area contributed by atoms with Crippen LogP contribution in [0, 0.1) is 13.8 Å². The van der Waals surface area contributed by atoms with Gasteiger partial charge in [-0.1, -0.05) is 19.1 Å². The van der Waals surface area contributed by atoms with Gasteiger partial charge in [0.15, 0.2) is 6.10 Å². The summed E-state index contributed by atoms with van der Waals surface area (Å²) in [4.78, 5) is 24.2. The lowest BCUT2D eigenvalue weighted by Gasteiger charge is -2.19. The van der Waals surface area contributed by atoms with Gasteiger partial charge in [-0.3, -0.25) is 4.79 Å². The lowest BCUT2D eigenvalue weighted by atomic mass is 10.1. The van der Waals surface area contributed by atoms with E-state index in [0.717, 1.165) is 11.1 Å². The molecule has 0 bridgehead atoms. The van der Waals surface area contributed by atoms with Crippen LogP contribution in [-0.2, 0) is 9.53 Å². The number of anilines is 1. The standard InChI is InChI=1S/C21H25NO4/c1-5-18(26-19-13-14(3)7-8-15(19)4)20(23)22-17-11-9-16(10-12-17)21(24)25-6-2/h7-13,18H,5-6H2,1-4H3,(H,22,23)/t18-/m1/s1. The van der Waals surface area contributed by atoms with Crippen molar-refractivity contribution in [2.75, 3.05) is 11.9 Å². The Bertz CT molecular complexity index is 768. The minimum Gasteiger partial charge on any atom is -0.480 e. The Labute approximate surface area is 154 Å². The van der Waals surface area contributed by atoms with Gasteiger partial charge in [-0.15, -0.1) is 0 Å². The van der Waals surface area contributed by atoms with Crippen molar-refractivity contribution in [3.63, 3.8) is 0 Å². The van der Waals surface area contributed by atoms with E-state index in [9.17, 15) is 9.59 Å². The molecule has 0 fully saturated rings. The lowest BCUT2D eigenvalue weighted by Crippen LogP contribution is -2.32. The van der Waals surface area contributed by atoms with Gasteiger partial charge in [-0.2, -0.15) is 0 Å². The molecule has 2 aromatic rings. The highest BCUT2D eigenvalue weighted by Crippen LogP contribution is 2.22. The number of hydrogen-bond donors (Lipinski definition) is 1. The predicted molar refractivity (Wildman–Crippen MR) is 102 cm³/mol. The summed E-state index contributed by atoms with van der Waals surface area (Å²) in [5, 5.41) is 2.83. The maximum Gasteiger partial charge on any atom is 0.338 e. The van der Waals surface area contributed by atoms with Crippen LogP contribution in [0.3, 0.4) is 0 Å². The van der Waals surface area contributed by atoms with E-state index < -0.39 is 6.10 Å². The minimum atomic E-state index is -0.597. The highest BCUT2D eigenvalue weighted by Gasteiger charge is 2.19. The number of ether oxygens (including phenoxy) is 2. The zero-order valence-electron chi connectivity index (χ0n) is 15.7. The molecule has 0 aliphatic rings. The molecule has 0 saturated carbocycles. The first-order valence-corrected chi connectivity index (χ1v) is 8.76. The summed E-state index contributed by atoms with van der Waals surface area (Å²) in [6, 6.07) is 12.5. The van der Waals surface area contributed by atoms with Gasteiger partial charge < -0.3 is 14.8 Å². The summed E-state index contributed by atoms with van der Waals surface area (Å²) in [7, 11) is 0. The van der Waals surface area contributed by atoms with E-state index >= 15 is 0 Å². The summed E-state index contributed by atoms with van der Waals surface area (Å²) in [5.74, 6) is 0.108. The lowest BCUT2D eigenvalue weighted by molar-refractivity contribution is -0.122. The molecule has 0 aromatic heterocycles. The molecule has 0 heterocycles. The number of carbonyl (C=O) groups is 2. The Morgan fingerprint density at radius 2 is 1.73 bits per heavy atom. The molecule has 26 heavy (non-hydrogen) atoms. The normalized spacial score (nSPS) is 11.5. The number of carbonyl (C=O) groups excluding carboxylic acids is 2. The number of rotatable bonds is 7. The summed E-state index contributed by atoms with van der Waals surface area (Å²) in [6.07, 6.45) is -0.0552. The average molecular weight is 355 g/mol. The van der Waals surface area contributed by atoms with Gasteiger partial charge in [0.1, 0.15) is 5.75 Å². The smallest absolute Gasteiger partial charge is 0.338 e. The van der Waals surface area contributed by atoms with Crippen LogP contribution >= 0.6 is 0 Å². The number of hydrogen-bond acceptors (Lipinski definition) is 4. The maximum absolute atomic E-state index is 12.5. The molecular weight excluding hydrogens is 330 g/mol. The molecule has 0 aliphatic carbocycles. The van der Waals surface area contributed by atoms with Gasteiger partial charge >= 0.3 is 5.97 Å². The van der Waals surface area contributed by atoms with E-state index in [0.29, 0.717) is 30.0 Å². The fraction of sp³-hybridized carbons (Fsp3) is 0.333. The zero-order chi connectivity index (χ0) is 19.1. The Hall–Kier alpha value is -2.82. The van der Waals surface area contributed by atoms with Crippen LogP contribution in [0.15, 0.2) is 42.5 Å². The van der Waals surface area contributed by atoms with E-state index in [4.69, 9.17) is 9.47 Å². The molecule has 0 aliphatic heterocycles. The van der Waals surface area contributed by atoms with Crippen molar-refractivity contribution in [3.05, 3.63) is 59.2 Å². The molecule has 0 saturated heterocycles. The molecule has 5 heteroatoms. The van der Waals surface area contributed by atoms with Gasteiger partial charge in [-0.25, -0.2) is 4.79 Å². The highest BCUT2D eigenvalue weighted by molar-refractivity contribution is 5.95. The van der Waals surface area contributed by atoms with Crippen LogP contribution in [0.2, 0.25) is 0 Å². The average Bonchev–Trinajstić information content (AvgIpc) is 2.63. The summed E-state index contributed by atoms with van der Waals surface area (Å²) < 4.78 is 10.9. The van der Waals surface area contributed by atoms with Crippen molar-refractivity contribution >= 4 is 17.6 Å². The van der Waals surface area contributed by atoms with Gasteiger partial charge in [0.25, 0.3) is 5.91 Å². The van der Waals surface area contributed by atoms with Crippen molar-refractivity contribution in [2.24, 2.45) is 0 Å². The quantitative estimate of drug-likeness (QED) is 0.753. The SMILES string of the molecule is CCOC(=O)c1ccc(NC(=O)[C@@H](CC)Oc2cc(C)ccc2C)cc1. The largest absolute Gasteiger partial charge is 0.480 e.